The molecule has 0 aliphatic carbocycles. The number of nitriles is 1. The highest BCUT2D eigenvalue weighted by atomic mass is 35.5. The first kappa shape index (κ1) is 29.0. The summed E-state index contributed by atoms with van der Waals surface area (Å²) in [5.41, 5.74) is 0.419. The van der Waals surface area contributed by atoms with E-state index >= 15 is 0 Å². The number of benzene rings is 1. The third kappa shape index (κ3) is 6.08. The lowest BCUT2D eigenvalue weighted by atomic mass is 10.0. The number of anilines is 2. The van der Waals surface area contributed by atoms with Crippen molar-refractivity contribution < 1.29 is 27.8 Å². The van der Waals surface area contributed by atoms with Crippen molar-refractivity contribution in [2.45, 2.75) is 50.5 Å². The lowest BCUT2D eigenvalue weighted by Crippen LogP contribution is -2.55. The summed E-state index contributed by atoms with van der Waals surface area (Å²) < 4.78 is 48.0. The lowest BCUT2D eigenvalue weighted by Gasteiger charge is -2.41. The monoisotopic (exact) mass is 593 g/mol. The Bertz CT molecular complexity index is 1340. The van der Waals surface area contributed by atoms with Gasteiger partial charge in [-0.3, -0.25) is 0 Å². The number of amides is 1. The number of piperazine rings is 1. The van der Waals surface area contributed by atoms with E-state index in [2.05, 4.69) is 16.0 Å². The predicted octanol–water partition coefficient (Wildman–Crippen LogP) is 4.27. The van der Waals surface area contributed by atoms with E-state index in [1.54, 1.807) is 4.90 Å². The molecule has 4 heterocycles. The molecule has 0 bridgehead atoms. The number of carboxylic acid groups (broad SMARTS) is 1. The minimum absolute atomic E-state index is 0.0185. The molecule has 10 nitrogen and oxygen atoms in total. The summed E-state index contributed by atoms with van der Waals surface area (Å²) in [5, 5.41) is 18.6. The van der Waals surface area contributed by atoms with Crippen LogP contribution in [0.25, 0.3) is 0 Å². The summed E-state index contributed by atoms with van der Waals surface area (Å²) in [4.78, 5) is 28.2. The third-order valence-electron chi connectivity index (χ3n) is 8.07. The first-order valence-corrected chi connectivity index (χ1v) is 13.9. The fourth-order valence-electron chi connectivity index (χ4n) is 5.92. The summed E-state index contributed by atoms with van der Waals surface area (Å²) in [6.45, 7) is 2.49. The molecule has 2 aromatic rings. The highest BCUT2D eigenvalue weighted by molar-refractivity contribution is 6.31. The molecule has 3 aliphatic rings. The van der Waals surface area contributed by atoms with Gasteiger partial charge in [-0.05, 0) is 45.0 Å². The Balaban J connectivity index is 1.49. The number of nitrogens with zero attached hydrogens (tertiary/aromatic N) is 7. The summed E-state index contributed by atoms with van der Waals surface area (Å²) in [6, 6.07) is 5.98. The second kappa shape index (κ2) is 11.8. The first-order valence-electron chi connectivity index (χ1n) is 13.5. The number of aromatic nitrogens is 2. The molecular weight excluding hydrogens is 563 g/mol. The van der Waals surface area contributed by atoms with E-state index in [0.29, 0.717) is 31.1 Å². The topological polar surface area (TPSA) is 109 Å². The Morgan fingerprint density at radius 2 is 2.00 bits per heavy atom. The van der Waals surface area contributed by atoms with Crippen molar-refractivity contribution in [2.24, 2.45) is 0 Å². The molecule has 3 aliphatic heterocycles. The minimum Gasteiger partial charge on any atom is -0.465 e. The van der Waals surface area contributed by atoms with Gasteiger partial charge in [0, 0.05) is 37.8 Å². The number of likely N-dealkylation sites (tertiary alicyclic amines) is 1. The average Bonchev–Trinajstić information content (AvgIpc) is 3.34. The molecule has 14 heteroatoms. The largest absolute Gasteiger partial charge is 0.465 e. The van der Waals surface area contributed by atoms with E-state index in [1.807, 2.05) is 11.9 Å². The Morgan fingerprint density at radius 3 is 2.68 bits per heavy atom. The van der Waals surface area contributed by atoms with Crippen LogP contribution in [-0.2, 0) is 19.1 Å². The first-order chi connectivity index (χ1) is 19.6. The summed E-state index contributed by atoms with van der Waals surface area (Å²) >= 11 is 6.00. The van der Waals surface area contributed by atoms with Gasteiger partial charge in [0.05, 0.1) is 47.0 Å². The van der Waals surface area contributed by atoms with Gasteiger partial charge in [0.25, 0.3) is 0 Å². The lowest BCUT2D eigenvalue weighted by molar-refractivity contribution is -0.137. The van der Waals surface area contributed by atoms with Gasteiger partial charge in [-0.15, -0.1) is 0 Å². The van der Waals surface area contributed by atoms with E-state index in [4.69, 9.17) is 21.3 Å². The molecule has 1 aromatic carbocycles. The molecule has 41 heavy (non-hydrogen) atoms. The Hall–Kier alpha value is -3.50. The molecule has 2 fully saturated rings. The van der Waals surface area contributed by atoms with Gasteiger partial charge in [-0.1, -0.05) is 17.7 Å². The van der Waals surface area contributed by atoms with Crippen molar-refractivity contribution in [3.8, 4) is 12.1 Å². The van der Waals surface area contributed by atoms with Crippen molar-refractivity contribution in [3.05, 3.63) is 40.0 Å². The number of alkyl halides is 3. The molecule has 1 aromatic heterocycles. The third-order valence-corrected chi connectivity index (χ3v) is 8.38. The van der Waals surface area contributed by atoms with Crippen LogP contribution in [0.15, 0.2) is 18.2 Å². The summed E-state index contributed by atoms with van der Waals surface area (Å²) in [5.74, 6) is 0.569. The summed E-state index contributed by atoms with van der Waals surface area (Å²) in [7, 11) is 2.03. The van der Waals surface area contributed by atoms with Crippen LogP contribution in [0.3, 0.4) is 0 Å². The van der Waals surface area contributed by atoms with Gasteiger partial charge >= 0.3 is 18.3 Å². The highest BCUT2D eigenvalue weighted by Crippen LogP contribution is 2.43. The van der Waals surface area contributed by atoms with Crippen LogP contribution in [-0.4, -0.2) is 89.4 Å². The Kier molecular flexibility index (Phi) is 8.33. The van der Waals surface area contributed by atoms with Crippen LogP contribution in [0, 0.1) is 11.3 Å². The Morgan fingerprint density at radius 1 is 1.20 bits per heavy atom. The number of carbonyl (C=O) groups is 1. The van der Waals surface area contributed by atoms with E-state index in [9.17, 15) is 28.3 Å². The van der Waals surface area contributed by atoms with E-state index < -0.39 is 23.9 Å². The van der Waals surface area contributed by atoms with Crippen LogP contribution in [0.4, 0.5) is 29.5 Å². The predicted molar refractivity (Wildman–Crippen MR) is 145 cm³/mol. The molecular formula is C27H31ClF3N7O3. The molecule has 220 valence electrons. The van der Waals surface area contributed by atoms with E-state index in [0.717, 1.165) is 24.9 Å². The van der Waals surface area contributed by atoms with Gasteiger partial charge in [0.1, 0.15) is 12.4 Å². The van der Waals surface area contributed by atoms with Gasteiger partial charge in [0.2, 0.25) is 0 Å². The molecule has 2 atom stereocenters. The van der Waals surface area contributed by atoms with Gasteiger partial charge in [0.15, 0.2) is 0 Å². The number of hydrogen-bond acceptors (Lipinski definition) is 8. The van der Waals surface area contributed by atoms with Crippen molar-refractivity contribution in [1.82, 2.24) is 19.8 Å². The molecule has 0 spiro atoms. The Labute approximate surface area is 240 Å². The normalized spacial score (nSPS) is 21.5. The van der Waals surface area contributed by atoms with Crippen molar-refractivity contribution in [3.63, 3.8) is 0 Å². The molecule has 1 amide bonds. The zero-order valence-electron chi connectivity index (χ0n) is 22.6. The number of fused-ring (bicyclic) bond motifs is 1. The molecule has 1 unspecified atom stereocenters. The smallest absolute Gasteiger partial charge is 0.419 e. The van der Waals surface area contributed by atoms with E-state index in [-0.39, 0.29) is 55.4 Å². The maximum absolute atomic E-state index is 14.0. The number of likely N-dealkylation sites (N-methyl/N-ethyl adjacent to an activating group) is 1. The maximum Gasteiger partial charge on any atom is 0.419 e. The molecule has 0 saturated carbocycles. The van der Waals surface area contributed by atoms with Crippen LogP contribution in [0.1, 0.15) is 36.1 Å². The number of ether oxygens (including phenoxy) is 1. The molecule has 1 N–H and O–H groups in total. The molecule has 5 rings (SSSR count). The number of halogens is 4. The SMILES string of the molecule is CN1CCC[C@H]1COc1nc2c(c(N3CCN(C(=O)O)C(CC#N)C3)n1)CCN(c1cccc(Cl)c1C(F)(F)F)C2. The minimum atomic E-state index is -4.63. The quantitative estimate of drug-likeness (QED) is 0.525. The number of rotatable bonds is 6. The van der Waals surface area contributed by atoms with Crippen LogP contribution < -0.4 is 14.5 Å². The fraction of sp³-hybridized carbons (Fsp3) is 0.556. The van der Waals surface area contributed by atoms with Gasteiger partial charge < -0.3 is 29.4 Å². The van der Waals surface area contributed by atoms with Crippen molar-refractivity contribution in [2.75, 3.05) is 56.2 Å². The standard InChI is InChI=1S/C27H31ClF3N7O3/c1-35-10-3-4-18(35)16-41-25-33-21-15-36(22-6-2-5-20(28)23(22)27(29,30)31)11-8-19(21)24(34-25)37-12-13-38(26(39)40)17(14-37)7-9-32/h2,5-6,17-18H,3-4,7-8,10-16H2,1H3,(H,39,40)/t17?,18-/m0/s1. The van der Waals surface area contributed by atoms with Crippen LogP contribution in [0.2, 0.25) is 5.02 Å². The summed E-state index contributed by atoms with van der Waals surface area (Å²) in [6.07, 6.45) is -3.30. The maximum atomic E-state index is 14.0. The number of hydrogen-bond donors (Lipinski definition) is 1. The van der Waals surface area contributed by atoms with Crippen molar-refractivity contribution >= 4 is 29.2 Å². The highest BCUT2D eigenvalue weighted by Gasteiger charge is 2.39. The zero-order chi connectivity index (χ0) is 29.3. The van der Waals surface area contributed by atoms with Crippen molar-refractivity contribution in [1.29, 1.82) is 5.26 Å². The van der Waals surface area contributed by atoms with Crippen LogP contribution >= 0.6 is 11.6 Å². The second-order valence-corrected chi connectivity index (χ2v) is 11.0. The average molecular weight is 594 g/mol. The van der Waals surface area contributed by atoms with E-state index in [1.165, 1.54) is 23.1 Å². The fourth-order valence-corrected chi connectivity index (χ4v) is 6.19. The van der Waals surface area contributed by atoms with Gasteiger partial charge in [-0.2, -0.15) is 28.4 Å². The van der Waals surface area contributed by atoms with Crippen LogP contribution in [0.5, 0.6) is 6.01 Å². The molecule has 0 radical (unpaired) electrons. The van der Waals surface area contributed by atoms with Gasteiger partial charge in [-0.25, -0.2) is 4.79 Å². The molecule has 2 saturated heterocycles. The zero-order valence-corrected chi connectivity index (χ0v) is 23.3. The second-order valence-electron chi connectivity index (χ2n) is 10.6.